The van der Waals surface area contributed by atoms with Crippen molar-refractivity contribution < 1.29 is 13.6 Å². The Morgan fingerprint density at radius 2 is 2.00 bits per heavy atom. The minimum atomic E-state index is -0.955. The van der Waals surface area contributed by atoms with Crippen molar-refractivity contribution in [2.45, 2.75) is 39.3 Å². The summed E-state index contributed by atoms with van der Waals surface area (Å²) in [6.07, 6.45) is 0. The van der Waals surface area contributed by atoms with Gasteiger partial charge in [0.25, 0.3) is 0 Å². The van der Waals surface area contributed by atoms with Crippen LogP contribution in [0, 0.1) is 28.9 Å². The van der Waals surface area contributed by atoms with E-state index in [0.717, 1.165) is 6.07 Å². The van der Waals surface area contributed by atoms with Crippen LogP contribution in [-0.2, 0) is 4.79 Å². The lowest BCUT2D eigenvalue weighted by molar-refractivity contribution is -0.122. The first-order valence-corrected chi connectivity index (χ1v) is 7.10. The van der Waals surface area contributed by atoms with Gasteiger partial charge in [0.2, 0.25) is 5.91 Å². The molecule has 1 aromatic rings. The average molecular weight is 309 g/mol. The fourth-order valence-corrected chi connectivity index (χ4v) is 1.84. The molecule has 0 unspecified atom stereocenters. The minimum absolute atomic E-state index is 0.0478. The Bertz CT molecular complexity index is 583. The van der Waals surface area contributed by atoms with Gasteiger partial charge in [0.15, 0.2) is 0 Å². The Labute approximate surface area is 129 Å². The van der Waals surface area contributed by atoms with Gasteiger partial charge >= 0.3 is 0 Å². The van der Waals surface area contributed by atoms with E-state index in [1.54, 1.807) is 13.8 Å². The highest BCUT2D eigenvalue weighted by Crippen LogP contribution is 2.18. The summed E-state index contributed by atoms with van der Waals surface area (Å²) in [6, 6.07) is 4.94. The highest BCUT2D eigenvalue weighted by molar-refractivity contribution is 5.79. The maximum atomic E-state index is 13.6. The highest BCUT2D eigenvalue weighted by atomic mass is 19.1. The summed E-state index contributed by atoms with van der Waals surface area (Å²) in [4.78, 5) is 11.9. The summed E-state index contributed by atoms with van der Waals surface area (Å²) in [5.41, 5.74) is -0.676. The van der Waals surface area contributed by atoms with Gasteiger partial charge < -0.3 is 10.6 Å². The molecule has 4 nitrogen and oxygen atoms in total. The zero-order chi connectivity index (χ0) is 16.9. The third kappa shape index (κ3) is 4.50. The van der Waals surface area contributed by atoms with Crippen LogP contribution in [0.2, 0.25) is 0 Å². The van der Waals surface area contributed by atoms with E-state index in [0.29, 0.717) is 0 Å². The molecule has 1 amide bonds. The van der Waals surface area contributed by atoms with Crippen LogP contribution >= 0.6 is 0 Å². The quantitative estimate of drug-likeness (QED) is 0.849. The van der Waals surface area contributed by atoms with E-state index in [1.807, 2.05) is 13.8 Å². The number of nitrogens with zero attached hydrogens (tertiary/aromatic N) is 1. The molecule has 22 heavy (non-hydrogen) atoms. The fraction of sp³-hybridized carbons (Fsp3) is 0.500. The summed E-state index contributed by atoms with van der Waals surface area (Å²) in [5.74, 6) is -1.71. The molecule has 0 aromatic heterocycles. The molecule has 1 aromatic carbocycles. The van der Waals surface area contributed by atoms with Crippen molar-refractivity contribution in [1.29, 1.82) is 5.26 Å². The van der Waals surface area contributed by atoms with Gasteiger partial charge in [0.1, 0.15) is 17.2 Å². The van der Waals surface area contributed by atoms with Crippen LogP contribution in [0.5, 0.6) is 0 Å². The molecule has 6 heteroatoms. The molecular weight excluding hydrogens is 288 g/mol. The Hall–Kier alpha value is -2.00. The van der Waals surface area contributed by atoms with E-state index in [1.165, 1.54) is 12.1 Å². The molecule has 0 saturated carbocycles. The Balaban J connectivity index is 2.62. The van der Waals surface area contributed by atoms with E-state index in [9.17, 15) is 13.6 Å². The van der Waals surface area contributed by atoms with E-state index in [-0.39, 0.29) is 23.9 Å². The van der Waals surface area contributed by atoms with Crippen molar-refractivity contribution in [2.24, 2.45) is 5.92 Å². The molecule has 0 aliphatic rings. The van der Waals surface area contributed by atoms with Gasteiger partial charge in [-0.2, -0.15) is 5.26 Å². The average Bonchev–Trinajstić information content (AvgIpc) is 2.44. The molecule has 0 bridgehead atoms. The molecule has 0 heterocycles. The van der Waals surface area contributed by atoms with Crippen LogP contribution in [0.15, 0.2) is 18.2 Å². The Morgan fingerprint density at radius 3 is 2.50 bits per heavy atom. The van der Waals surface area contributed by atoms with Gasteiger partial charge in [-0.1, -0.05) is 19.9 Å². The van der Waals surface area contributed by atoms with E-state index in [2.05, 4.69) is 16.7 Å². The number of carbonyl (C=O) groups excluding carboxylic acids is 1. The molecule has 0 fully saturated rings. The summed E-state index contributed by atoms with van der Waals surface area (Å²) in [7, 11) is 0. The van der Waals surface area contributed by atoms with Gasteiger partial charge in [-0.05, 0) is 25.8 Å². The molecule has 2 atom stereocenters. The lowest BCUT2D eigenvalue weighted by Crippen LogP contribution is -2.51. The standard InChI is InChI=1S/C16H21F2N3O/c1-10(2)16(4,9-19)21-15(22)8-20-11(3)13-6-5-12(17)7-14(13)18/h5-7,10-11,20H,8H2,1-4H3,(H,21,22)/t11-,16-/m1/s1. The van der Waals surface area contributed by atoms with E-state index < -0.39 is 23.2 Å². The smallest absolute Gasteiger partial charge is 0.235 e. The predicted octanol–water partition coefficient (Wildman–Crippen LogP) is 2.67. The van der Waals surface area contributed by atoms with Crippen LogP contribution in [0.1, 0.15) is 39.3 Å². The summed E-state index contributed by atoms with van der Waals surface area (Å²) in [6.45, 7) is 6.94. The number of amides is 1. The van der Waals surface area contributed by atoms with Crippen molar-refractivity contribution in [1.82, 2.24) is 10.6 Å². The number of nitrogens with one attached hydrogen (secondary N) is 2. The first-order valence-electron chi connectivity index (χ1n) is 7.10. The second-order valence-corrected chi connectivity index (χ2v) is 5.79. The number of carbonyl (C=O) groups is 1. The fourth-order valence-electron chi connectivity index (χ4n) is 1.84. The van der Waals surface area contributed by atoms with Crippen LogP contribution in [0.25, 0.3) is 0 Å². The van der Waals surface area contributed by atoms with Gasteiger partial charge in [-0.25, -0.2) is 8.78 Å². The first-order chi connectivity index (χ1) is 10.2. The van der Waals surface area contributed by atoms with Gasteiger partial charge in [0.05, 0.1) is 12.6 Å². The lowest BCUT2D eigenvalue weighted by Gasteiger charge is -2.27. The van der Waals surface area contributed by atoms with Crippen molar-refractivity contribution >= 4 is 5.91 Å². The molecule has 0 saturated heterocycles. The summed E-state index contributed by atoms with van der Waals surface area (Å²) in [5, 5.41) is 14.7. The summed E-state index contributed by atoms with van der Waals surface area (Å²) >= 11 is 0. The van der Waals surface area contributed by atoms with Crippen LogP contribution in [-0.4, -0.2) is 18.0 Å². The van der Waals surface area contributed by atoms with Crippen molar-refractivity contribution in [2.75, 3.05) is 6.54 Å². The maximum absolute atomic E-state index is 13.6. The summed E-state index contributed by atoms with van der Waals surface area (Å²) < 4.78 is 26.5. The first kappa shape index (κ1) is 18.1. The highest BCUT2D eigenvalue weighted by Gasteiger charge is 2.29. The molecule has 0 aliphatic heterocycles. The number of nitriles is 1. The van der Waals surface area contributed by atoms with Crippen LogP contribution in [0.4, 0.5) is 8.78 Å². The van der Waals surface area contributed by atoms with E-state index >= 15 is 0 Å². The van der Waals surface area contributed by atoms with Crippen LogP contribution in [0.3, 0.4) is 0 Å². The van der Waals surface area contributed by atoms with Gasteiger partial charge in [0, 0.05) is 17.7 Å². The largest absolute Gasteiger partial charge is 0.337 e. The number of hydrogen-bond acceptors (Lipinski definition) is 3. The Morgan fingerprint density at radius 1 is 1.36 bits per heavy atom. The molecule has 0 aliphatic carbocycles. The SMILES string of the molecule is CC(C)[C@@](C)(C#N)NC(=O)CN[C@H](C)c1ccc(F)cc1F. The minimum Gasteiger partial charge on any atom is -0.337 e. The molecular formula is C16H21F2N3O. The topological polar surface area (TPSA) is 64.9 Å². The molecule has 2 N–H and O–H groups in total. The molecule has 0 radical (unpaired) electrons. The number of benzene rings is 1. The molecule has 120 valence electrons. The number of rotatable bonds is 6. The van der Waals surface area contributed by atoms with Gasteiger partial charge in [-0.15, -0.1) is 0 Å². The monoisotopic (exact) mass is 309 g/mol. The van der Waals surface area contributed by atoms with Crippen molar-refractivity contribution in [3.63, 3.8) is 0 Å². The third-order valence-corrected chi connectivity index (χ3v) is 3.78. The van der Waals surface area contributed by atoms with Crippen molar-refractivity contribution in [3.05, 3.63) is 35.4 Å². The number of hydrogen-bond donors (Lipinski definition) is 2. The number of halogens is 2. The van der Waals surface area contributed by atoms with Crippen LogP contribution < -0.4 is 10.6 Å². The zero-order valence-corrected chi connectivity index (χ0v) is 13.2. The maximum Gasteiger partial charge on any atom is 0.235 e. The normalized spacial score (nSPS) is 15.0. The van der Waals surface area contributed by atoms with Gasteiger partial charge in [-0.3, -0.25) is 4.79 Å². The molecule has 1 rings (SSSR count). The predicted molar refractivity (Wildman–Crippen MR) is 79.8 cm³/mol. The third-order valence-electron chi connectivity index (χ3n) is 3.78. The van der Waals surface area contributed by atoms with E-state index in [4.69, 9.17) is 5.26 Å². The Kier molecular flexibility index (Phi) is 6.01. The second-order valence-electron chi connectivity index (χ2n) is 5.79. The molecule has 0 spiro atoms. The van der Waals surface area contributed by atoms with Crippen molar-refractivity contribution in [3.8, 4) is 6.07 Å². The second kappa shape index (κ2) is 7.32. The zero-order valence-electron chi connectivity index (χ0n) is 13.2. The lowest BCUT2D eigenvalue weighted by atomic mass is 9.90.